The first-order valence-corrected chi connectivity index (χ1v) is 8.56. The third kappa shape index (κ3) is 6.83. The average Bonchev–Trinajstić information content (AvgIpc) is 2.52. The average molecular weight is 445 g/mol. The zero-order valence-electron chi connectivity index (χ0n) is 15.6. The molecule has 0 spiro atoms. The van der Waals surface area contributed by atoms with Crippen LogP contribution in [-0.2, 0) is 6.54 Å². The Morgan fingerprint density at radius 2 is 1.96 bits per heavy atom. The first-order chi connectivity index (χ1) is 10.9. The van der Waals surface area contributed by atoms with Gasteiger partial charge in [-0.15, -0.1) is 24.0 Å². The molecule has 0 aliphatic carbocycles. The molecule has 24 heavy (non-hydrogen) atoms. The minimum absolute atomic E-state index is 0. The van der Waals surface area contributed by atoms with E-state index in [2.05, 4.69) is 65.3 Å². The highest BCUT2D eigenvalue weighted by molar-refractivity contribution is 14.0. The number of nitrogens with zero attached hydrogens (tertiary/aromatic N) is 3. The van der Waals surface area contributed by atoms with Gasteiger partial charge < -0.3 is 15.5 Å². The van der Waals surface area contributed by atoms with Crippen LogP contribution in [0.3, 0.4) is 0 Å². The van der Waals surface area contributed by atoms with Crippen molar-refractivity contribution in [1.82, 2.24) is 15.6 Å². The molecule has 2 N–H and O–H groups in total. The molecule has 0 aromatic carbocycles. The molecule has 1 aliphatic heterocycles. The quantitative estimate of drug-likeness (QED) is 0.426. The van der Waals surface area contributed by atoms with Crippen molar-refractivity contribution in [2.75, 3.05) is 25.0 Å². The van der Waals surface area contributed by atoms with Gasteiger partial charge in [-0.2, -0.15) is 0 Å². The number of anilines is 1. The maximum Gasteiger partial charge on any atom is 0.191 e. The Morgan fingerprint density at radius 3 is 2.46 bits per heavy atom. The van der Waals surface area contributed by atoms with Gasteiger partial charge in [0.05, 0.1) is 0 Å². The molecule has 0 atom stereocenters. The van der Waals surface area contributed by atoms with Gasteiger partial charge in [0.25, 0.3) is 0 Å². The molecule has 6 heteroatoms. The van der Waals surface area contributed by atoms with Crippen molar-refractivity contribution in [2.24, 2.45) is 10.9 Å². The van der Waals surface area contributed by atoms with Crippen LogP contribution in [0.25, 0.3) is 0 Å². The van der Waals surface area contributed by atoms with Crippen LogP contribution in [-0.4, -0.2) is 36.6 Å². The number of rotatable bonds is 3. The molecule has 0 amide bonds. The summed E-state index contributed by atoms with van der Waals surface area (Å²) in [5.41, 5.74) is 1.16. The van der Waals surface area contributed by atoms with E-state index in [-0.39, 0.29) is 29.5 Å². The highest BCUT2D eigenvalue weighted by Gasteiger charge is 2.16. The van der Waals surface area contributed by atoms with E-state index < -0.39 is 0 Å². The van der Waals surface area contributed by atoms with E-state index >= 15 is 0 Å². The minimum Gasteiger partial charge on any atom is -0.357 e. The molecule has 5 nitrogen and oxygen atoms in total. The van der Waals surface area contributed by atoms with Crippen LogP contribution in [0, 0.1) is 5.92 Å². The molecule has 136 valence electrons. The number of hydrogen-bond acceptors (Lipinski definition) is 3. The van der Waals surface area contributed by atoms with Crippen LogP contribution in [0.5, 0.6) is 0 Å². The highest BCUT2D eigenvalue weighted by Crippen LogP contribution is 2.21. The minimum atomic E-state index is -0.00461. The lowest BCUT2D eigenvalue weighted by atomic mass is 9.99. The second-order valence-electron chi connectivity index (χ2n) is 7.49. The van der Waals surface area contributed by atoms with Crippen molar-refractivity contribution in [1.29, 1.82) is 0 Å². The summed E-state index contributed by atoms with van der Waals surface area (Å²) in [4.78, 5) is 11.3. The first-order valence-electron chi connectivity index (χ1n) is 8.56. The van der Waals surface area contributed by atoms with Crippen LogP contribution in [0.15, 0.2) is 23.3 Å². The fourth-order valence-electron chi connectivity index (χ4n) is 2.67. The number of guanidine groups is 1. The number of aliphatic imine (C=N–C) groups is 1. The molecule has 0 radical (unpaired) electrons. The predicted octanol–water partition coefficient (Wildman–Crippen LogP) is 3.40. The van der Waals surface area contributed by atoms with Gasteiger partial charge in [-0.05, 0) is 51.2 Å². The van der Waals surface area contributed by atoms with Crippen LogP contribution in [0.1, 0.15) is 46.1 Å². The van der Waals surface area contributed by atoms with Crippen molar-refractivity contribution in [2.45, 2.75) is 52.6 Å². The first kappa shape index (κ1) is 21.0. The number of nitrogens with one attached hydrogen (secondary N) is 2. The number of aromatic nitrogens is 1. The van der Waals surface area contributed by atoms with Crippen LogP contribution < -0.4 is 15.5 Å². The molecule has 1 aromatic rings. The molecule has 1 aliphatic rings. The maximum atomic E-state index is 4.63. The van der Waals surface area contributed by atoms with Gasteiger partial charge in [0, 0.05) is 38.4 Å². The molecule has 0 bridgehead atoms. The summed E-state index contributed by atoms with van der Waals surface area (Å²) in [6, 6.07) is 4.28. The maximum absolute atomic E-state index is 4.63. The van der Waals surface area contributed by atoms with Crippen molar-refractivity contribution in [3.63, 3.8) is 0 Å². The molecule has 0 unspecified atom stereocenters. The standard InChI is InChI=1S/C18H31N5.HI/c1-14-8-10-23(11-9-14)16-7-6-15(12-20-16)13-21-17(19-5)22-18(2,3)4;/h6-7,12,14H,8-11,13H2,1-5H3,(H2,19,21,22);1H. The van der Waals surface area contributed by atoms with Crippen LogP contribution in [0.4, 0.5) is 5.82 Å². The van der Waals surface area contributed by atoms with E-state index in [0.29, 0.717) is 0 Å². The zero-order chi connectivity index (χ0) is 16.9. The van der Waals surface area contributed by atoms with E-state index in [9.17, 15) is 0 Å². The summed E-state index contributed by atoms with van der Waals surface area (Å²) >= 11 is 0. The lowest BCUT2D eigenvalue weighted by molar-refractivity contribution is 0.436. The van der Waals surface area contributed by atoms with Gasteiger partial charge in [-0.3, -0.25) is 4.99 Å². The van der Waals surface area contributed by atoms with Crippen LogP contribution >= 0.6 is 24.0 Å². The number of hydrogen-bond donors (Lipinski definition) is 2. The Kier molecular flexibility index (Phi) is 8.26. The molecule has 2 heterocycles. The van der Waals surface area contributed by atoms with E-state index in [1.165, 1.54) is 12.8 Å². The summed E-state index contributed by atoms with van der Waals surface area (Å²) in [5, 5.41) is 6.69. The molecule has 1 aromatic heterocycles. The molecule has 2 rings (SSSR count). The second kappa shape index (κ2) is 9.44. The van der Waals surface area contributed by atoms with Gasteiger partial charge in [-0.1, -0.05) is 13.0 Å². The molecular weight excluding hydrogens is 413 g/mol. The van der Waals surface area contributed by atoms with Gasteiger partial charge in [0.2, 0.25) is 0 Å². The summed E-state index contributed by atoms with van der Waals surface area (Å²) < 4.78 is 0. The largest absolute Gasteiger partial charge is 0.357 e. The zero-order valence-corrected chi connectivity index (χ0v) is 17.9. The summed E-state index contributed by atoms with van der Waals surface area (Å²) in [6.45, 7) is 11.7. The topological polar surface area (TPSA) is 52.6 Å². The van der Waals surface area contributed by atoms with E-state index in [1.54, 1.807) is 7.05 Å². The van der Waals surface area contributed by atoms with Gasteiger partial charge in [-0.25, -0.2) is 4.98 Å². The van der Waals surface area contributed by atoms with Crippen molar-refractivity contribution in [3.05, 3.63) is 23.9 Å². The third-order valence-corrected chi connectivity index (χ3v) is 4.09. The van der Waals surface area contributed by atoms with Gasteiger partial charge >= 0.3 is 0 Å². The van der Waals surface area contributed by atoms with E-state index in [1.807, 2.05) is 6.20 Å². The smallest absolute Gasteiger partial charge is 0.191 e. The SMILES string of the molecule is CN=C(NCc1ccc(N2CCC(C)CC2)nc1)NC(C)(C)C.I. The molecule has 0 saturated carbocycles. The van der Waals surface area contributed by atoms with E-state index in [4.69, 9.17) is 0 Å². The normalized spacial score (nSPS) is 16.5. The van der Waals surface area contributed by atoms with Crippen molar-refractivity contribution < 1.29 is 0 Å². The fraction of sp³-hybridized carbons (Fsp3) is 0.667. The lowest BCUT2D eigenvalue weighted by Crippen LogP contribution is -2.47. The number of piperidine rings is 1. The Labute approximate surface area is 163 Å². The molecule has 1 fully saturated rings. The lowest BCUT2D eigenvalue weighted by Gasteiger charge is -2.31. The van der Waals surface area contributed by atoms with Crippen molar-refractivity contribution >= 4 is 35.8 Å². The number of pyridine rings is 1. The third-order valence-electron chi connectivity index (χ3n) is 4.09. The Morgan fingerprint density at radius 1 is 1.29 bits per heavy atom. The molecular formula is C18H32IN5. The van der Waals surface area contributed by atoms with Crippen LogP contribution in [0.2, 0.25) is 0 Å². The Balaban J connectivity index is 0.00000288. The Hall–Kier alpha value is -1.05. The monoisotopic (exact) mass is 445 g/mol. The summed E-state index contributed by atoms with van der Waals surface area (Å²) in [7, 11) is 1.79. The Bertz CT molecular complexity index is 513. The number of halogens is 1. The van der Waals surface area contributed by atoms with Gasteiger partial charge in [0.15, 0.2) is 5.96 Å². The summed E-state index contributed by atoms with van der Waals surface area (Å²) in [5.74, 6) is 2.75. The van der Waals surface area contributed by atoms with Gasteiger partial charge in [0.1, 0.15) is 5.82 Å². The molecule has 1 saturated heterocycles. The van der Waals surface area contributed by atoms with E-state index in [0.717, 1.165) is 42.9 Å². The van der Waals surface area contributed by atoms with Crippen molar-refractivity contribution in [3.8, 4) is 0 Å². The highest BCUT2D eigenvalue weighted by atomic mass is 127. The summed E-state index contributed by atoms with van der Waals surface area (Å²) in [6.07, 6.45) is 4.49. The fourth-order valence-corrected chi connectivity index (χ4v) is 2.67. The predicted molar refractivity (Wildman–Crippen MR) is 113 cm³/mol. The second-order valence-corrected chi connectivity index (χ2v) is 7.49.